The number of aromatic nitrogens is 1. The van der Waals surface area contributed by atoms with Crippen LogP contribution in [-0.2, 0) is 6.42 Å². The van der Waals surface area contributed by atoms with Crippen molar-refractivity contribution in [1.29, 1.82) is 0 Å². The van der Waals surface area contributed by atoms with E-state index >= 15 is 0 Å². The van der Waals surface area contributed by atoms with Crippen LogP contribution in [0.25, 0.3) is 22.7 Å². The van der Waals surface area contributed by atoms with Crippen LogP contribution in [0.5, 0.6) is 0 Å². The number of nitrogens with zero attached hydrogens (tertiary/aromatic N) is 1. The summed E-state index contributed by atoms with van der Waals surface area (Å²) < 4.78 is 0. The second kappa shape index (κ2) is 5.24. The highest BCUT2D eigenvalue weighted by molar-refractivity contribution is 5.85. The molecule has 0 saturated carbocycles. The van der Waals surface area contributed by atoms with Crippen LogP contribution in [-0.4, -0.2) is 10.5 Å². The van der Waals surface area contributed by atoms with Crippen molar-refractivity contribution in [3.05, 3.63) is 77.5 Å². The SMILES string of the molecule is CC1(C)Cc2ccccc2C(=Cc2ccc3ccccc3n2)N1. The summed E-state index contributed by atoms with van der Waals surface area (Å²) in [5, 5.41) is 4.84. The molecule has 4 rings (SSSR count). The van der Waals surface area contributed by atoms with Crippen LogP contribution in [0.2, 0.25) is 0 Å². The largest absolute Gasteiger partial charge is 0.379 e. The van der Waals surface area contributed by atoms with Crippen molar-refractivity contribution in [3.8, 4) is 0 Å². The zero-order valence-corrected chi connectivity index (χ0v) is 13.5. The van der Waals surface area contributed by atoms with Gasteiger partial charge < -0.3 is 5.32 Å². The molecule has 0 atom stereocenters. The fourth-order valence-electron chi connectivity index (χ4n) is 3.31. The maximum absolute atomic E-state index is 4.77. The van der Waals surface area contributed by atoms with Gasteiger partial charge in [0.2, 0.25) is 0 Å². The maximum atomic E-state index is 4.77. The molecular formula is C21H20N2. The predicted octanol–water partition coefficient (Wildman–Crippen LogP) is 4.66. The van der Waals surface area contributed by atoms with Crippen LogP contribution in [0, 0.1) is 0 Å². The Morgan fingerprint density at radius 1 is 0.957 bits per heavy atom. The molecule has 1 N–H and O–H groups in total. The highest BCUT2D eigenvalue weighted by atomic mass is 15.0. The Hall–Kier alpha value is -2.61. The lowest BCUT2D eigenvalue weighted by atomic mass is 9.86. The van der Waals surface area contributed by atoms with Gasteiger partial charge in [-0.1, -0.05) is 48.5 Å². The van der Waals surface area contributed by atoms with Gasteiger partial charge in [-0.3, -0.25) is 0 Å². The molecule has 0 unspecified atom stereocenters. The summed E-state index contributed by atoms with van der Waals surface area (Å²) in [5.41, 5.74) is 5.89. The number of para-hydroxylation sites is 1. The standard InChI is InChI=1S/C21H20N2/c1-21(2)14-16-8-3-5-9-18(16)20(23-21)13-17-12-11-15-7-4-6-10-19(15)22-17/h3-13,23H,14H2,1-2H3. The molecule has 23 heavy (non-hydrogen) atoms. The van der Waals surface area contributed by atoms with E-state index in [0.29, 0.717) is 0 Å². The van der Waals surface area contributed by atoms with E-state index < -0.39 is 0 Å². The van der Waals surface area contributed by atoms with Gasteiger partial charge in [0.1, 0.15) is 0 Å². The molecule has 0 aliphatic carbocycles. The zero-order chi connectivity index (χ0) is 15.9. The predicted molar refractivity (Wildman–Crippen MR) is 97.0 cm³/mol. The van der Waals surface area contributed by atoms with Crippen molar-refractivity contribution in [2.45, 2.75) is 25.8 Å². The first kappa shape index (κ1) is 14.0. The fourth-order valence-corrected chi connectivity index (χ4v) is 3.31. The molecule has 2 aromatic carbocycles. The van der Waals surface area contributed by atoms with Gasteiger partial charge in [0.25, 0.3) is 0 Å². The third-order valence-electron chi connectivity index (χ3n) is 4.33. The second-order valence-corrected chi connectivity index (χ2v) is 6.83. The zero-order valence-electron chi connectivity index (χ0n) is 13.5. The average molecular weight is 300 g/mol. The van der Waals surface area contributed by atoms with Gasteiger partial charge in [-0.15, -0.1) is 0 Å². The van der Waals surface area contributed by atoms with Crippen LogP contribution in [0.1, 0.15) is 30.7 Å². The van der Waals surface area contributed by atoms with Crippen molar-refractivity contribution < 1.29 is 0 Å². The molecule has 2 nitrogen and oxygen atoms in total. The van der Waals surface area contributed by atoms with E-state index in [0.717, 1.165) is 23.3 Å². The molecule has 0 radical (unpaired) electrons. The molecule has 0 bridgehead atoms. The number of fused-ring (bicyclic) bond motifs is 2. The number of nitrogens with one attached hydrogen (secondary N) is 1. The van der Waals surface area contributed by atoms with E-state index in [2.05, 4.69) is 73.8 Å². The number of hydrogen-bond acceptors (Lipinski definition) is 2. The summed E-state index contributed by atoms with van der Waals surface area (Å²) >= 11 is 0. The molecule has 3 aromatic rings. The summed E-state index contributed by atoms with van der Waals surface area (Å²) in [4.78, 5) is 4.77. The third kappa shape index (κ3) is 2.72. The van der Waals surface area contributed by atoms with Gasteiger partial charge in [-0.25, -0.2) is 4.98 Å². The third-order valence-corrected chi connectivity index (χ3v) is 4.33. The van der Waals surface area contributed by atoms with Crippen LogP contribution in [0.3, 0.4) is 0 Å². The first-order valence-electron chi connectivity index (χ1n) is 8.05. The van der Waals surface area contributed by atoms with Crippen molar-refractivity contribution in [3.63, 3.8) is 0 Å². The van der Waals surface area contributed by atoms with Crippen molar-refractivity contribution in [2.75, 3.05) is 0 Å². The molecule has 2 heteroatoms. The average Bonchev–Trinajstić information content (AvgIpc) is 2.54. The van der Waals surface area contributed by atoms with E-state index in [1.807, 2.05) is 12.1 Å². The molecule has 2 heterocycles. The van der Waals surface area contributed by atoms with E-state index in [4.69, 9.17) is 4.98 Å². The summed E-state index contributed by atoms with van der Waals surface area (Å²) in [6.07, 6.45) is 3.19. The molecule has 0 saturated heterocycles. The molecule has 1 aromatic heterocycles. The van der Waals surface area contributed by atoms with Gasteiger partial charge in [-0.2, -0.15) is 0 Å². The molecule has 0 spiro atoms. The quantitative estimate of drug-likeness (QED) is 0.707. The summed E-state index contributed by atoms with van der Waals surface area (Å²) in [6.45, 7) is 4.48. The highest BCUT2D eigenvalue weighted by Gasteiger charge is 2.27. The van der Waals surface area contributed by atoms with Gasteiger partial charge in [0.05, 0.1) is 11.2 Å². The second-order valence-electron chi connectivity index (χ2n) is 6.83. The summed E-state index contributed by atoms with van der Waals surface area (Å²) in [7, 11) is 0. The van der Waals surface area contributed by atoms with Crippen molar-refractivity contribution in [1.82, 2.24) is 10.3 Å². The Balaban J connectivity index is 1.83. The summed E-state index contributed by atoms with van der Waals surface area (Å²) in [5.74, 6) is 0. The lowest BCUT2D eigenvalue weighted by Gasteiger charge is -2.35. The maximum Gasteiger partial charge on any atom is 0.0709 e. The van der Waals surface area contributed by atoms with Crippen LogP contribution in [0.4, 0.5) is 0 Å². The first-order valence-corrected chi connectivity index (χ1v) is 8.05. The van der Waals surface area contributed by atoms with Gasteiger partial charge in [0, 0.05) is 22.2 Å². The number of rotatable bonds is 1. The van der Waals surface area contributed by atoms with E-state index in [-0.39, 0.29) is 5.54 Å². The van der Waals surface area contributed by atoms with Crippen LogP contribution in [0.15, 0.2) is 60.7 Å². The van der Waals surface area contributed by atoms with E-state index in [9.17, 15) is 0 Å². The summed E-state index contributed by atoms with van der Waals surface area (Å²) in [6, 6.07) is 21.1. The first-order chi connectivity index (χ1) is 11.1. The number of hydrogen-bond donors (Lipinski definition) is 1. The van der Waals surface area contributed by atoms with Crippen molar-refractivity contribution in [2.24, 2.45) is 0 Å². The monoisotopic (exact) mass is 300 g/mol. The Morgan fingerprint density at radius 2 is 1.74 bits per heavy atom. The van der Waals surface area contributed by atoms with Gasteiger partial charge in [-0.05, 0) is 44.0 Å². The van der Waals surface area contributed by atoms with Gasteiger partial charge >= 0.3 is 0 Å². The lowest BCUT2D eigenvalue weighted by Crippen LogP contribution is -2.43. The Bertz CT molecular complexity index is 906. The van der Waals surface area contributed by atoms with Crippen molar-refractivity contribution >= 4 is 22.7 Å². The minimum Gasteiger partial charge on any atom is -0.379 e. The normalized spacial score (nSPS) is 17.7. The Labute approximate surface area is 136 Å². The minimum absolute atomic E-state index is 0.0526. The highest BCUT2D eigenvalue weighted by Crippen LogP contribution is 2.30. The Kier molecular flexibility index (Phi) is 3.19. The minimum atomic E-state index is 0.0526. The molecule has 0 amide bonds. The number of benzene rings is 2. The number of pyridine rings is 1. The topological polar surface area (TPSA) is 24.9 Å². The fraction of sp³-hybridized carbons (Fsp3) is 0.190. The molecule has 114 valence electrons. The molecule has 0 fully saturated rings. The van der Waals surface area contributed by atoms with Gasteiger partial charge in [0.15, 0.2) is 0 Å². The Morgan fingerprint density at radius 3 is 2.65 bits per heavy atom. The smallest absolute Gasteiger partial charge is 0.0709 e. The molecular weight excluding hydrogens is 280 g/mol. The molecule has 1 aliphatic rings. The molecule has 1 aliphatic heterocycles. The van der Waals surface area contributed by atoms with E-state index in [1.165, 1.54) is 16.5 Å². The lowest BCUT2D eigenvalue weighted by molar-refractivity contribution is 0.438. The van der Waals surface area contributed by atoms with Crippen LogP contribution >= 0.6 is 0 Å². The van der Waals surface area contributed by atoms with E-state index in [1.54, 1.807) is 0 Å². The van der Waals surface area contributed by atoms with Crippen LogP contribution < -0.4 is 5.32 Å².